The van der Waals surface area contributed by atoms with Crippen molar-refractivity contribution >= 4 is 11.7 Å². The third kappa shape index (κ3) is 2.71. The third-order valence-corrected chi connectivity index (χ3v) is 2.65. The minimum atomic E-state index is -0.0892. The second-order valence-electron chi connectivity index (χ2n) is 4.98. The van der Waals surface area contributed by atoms with E-state index in [2.05, 4.69) is 10.3 Å². The molecule has 0 radical (unpaired) electrons. The summed E-state index contributed by atoms with van der Waals surface area (Å²) in [5.74, 6) is -0.167. The van der Waals surface area contributed by atoms with E-state index in [1.165, 1.54) is 0 Å². The van der Waals surface area contributed by atoms with Gasteiger partial charge < -0.3 is 21.9 Å². The maximum atomic E-state index is 8.78. The van der Waals surface area contributed by atoms with Crippen molar-refractivity contribution in [1.29, 1.82) is 0 Å². The van der Waals surface area contributed by atoms with Gasteiger partial charge in [-0.1, -0.05) is 43.2 Å². The summed E-state index contributed by atoms with van der Waals surface area (Å²) in [6.45, 7) is 6.13. The summed E-state index contributed by atoms with van der Waals surface area (Å²) < 4.78 is 0. The topological polar surface area (TPSA) is 117 Å². The minimum absolute atomic E-state index is 0.0808. The molecule has 1 aromatic rings. The van der Waals surface area contributed by atoms with E-state index in [9.17, 15) is 0 Å². The van der Waals surface area contributed by atoms with Crippen molar-refractivity contribution in [1.82, 2.24) is 0 Å². The molecule has 0 spiro atoms. The van der Waals surface area contributed by atoms with Crippen LogP contribution in [0, 0.1) is 0 Å². The molecule has 0 atom stereocenters. The minimum Gasteiger partial charge on any atom is -0.409 e. The lowest BCUT2D eigenvalue weighted by atomic mass is 9.85. The van der Waals surface area contributed by atoms with E-state index >= 15 is 0 Å². The molecule has 6 N–H and O–H groups in total. The van der Waals surface area contributed by atoms with Crippen molar-refractivity contribution < 1.29 is 10.4 Å². The van der Waals surface area contributed by atoms with Gasteiger partial charge in [0, 0.05) is 11.1 Å². The number of amidine groups is 2. The van der Waals surface area contributed by atoms with Crippen LogP contribution in [0.15, 0.2) is 28.5 Å². The molecule has 0 saturated carbocycles. The number of oxime groups is 2. The van der Waals surface area contributed by atoms with E-state index < -0.39 is 0 Å². The van der Waals surface area contributed by atoms with E-state index in [1.807, 2.05) is 26.8 Å². The van der Waals surface area contributed by atoms with Crippen molar-refractivity contribution in [2.75, 3.05) is 0 Å². The number of hydrogen-bond acceptors (Lipinski definition) is 4. The molecule has 98 valence electrons. The van der Waals surface area contributed by atoms with Crippen molar-refractivity contribution in [3.63, 3.8) is 0 Å². The fourth-order valence-corrected chi connectivity index (χ4v) is 1.55. The lowest BCUT2D eigenvalue weighted by molar-refractivity contribution is 0.317. The molecule has 0 amide bonds. The molecule has 0 heterocycles. The number of nitrogens with two attached hydrogens (primary N) is 2. The number of hydrogen-bond donors (Lipinski definition) is 4. The summed E-state index contributed by atoms with van der Waals surface area (Å²) >= 11 is 0. The smallest absolute Gasteiger partial charge is 0.170 e. The van der Waals surface area contributed by atoms with Gasteiger partial charge in [0.05, 0.1) is 0 Å². The molecule has 0 aliphatic heterocycles. The Bertz CT molecular complexity index is 501. The second kappa shape index (κ2) is 4.95. The Labute approximate surface area is 106 Å². The van der Waals surface area contributed by atoms with Gasteiger partial charge in [0.1, 0.15) is 0 Å². The first kappa shape index (κ1) is 13.8. The zero-order valence-corrected chi connectivity index (χ0v) is 10.7. The molecule has 0 aromatic heterocycles. The zero-order valence-electron chi connectivity index (χ0n) is 10.7. The molecule has 6 heteroatoms. The van der Waals surface area contributed by atoms with Crippen molar-refractivity contribution in [3.8, 4) is 0 Å². The largest absolute Gasteiger partial charge is 0.409 e. The van der Waals surface area contributed by atoms with Gasteiger partial charge in [-0.3, -0.25) is 0 Å². The summed E-state index contributed by atoms with van der Waals surface area (Å²) in [6.07, 6.45) is 0. The third-order valence-electron chi connectivity index (χ3n) is 2.65. The number of rotatable bonds is 2. The van der Waals surface area contributed by atoms with Gasteiger partial charge in [0.15, 0.2) is 11.7 Å². The average molecular weight is 250 g/mol. The number of nitrogens with zero attached hydrogens (tertiary/aromatic N) is 2. The molecule has 0 fully saturated rings. The summed E-state index contributed by atoms with van der Waals surface area (Å²) in [5.41, 5.74) is 12.9. The Balaban J connectivity index is 3.49. The van der Waals surface area contributed by atoms with Crippen molar-refractivity contribution in [2.24, 2.45) is 21.8 Å². The normalized spacial score (nSPS) is 13.7. The van der Waals surface area contributed by atoms with E-state index in [1.54, 1.807) is 12.1 Å². The standard InChI is InChI=1S/C12H18N4O2/c1-12(2,3)7-4-5-8(10(13)15-17)9(6-7)11(14)16-18/h4-6,17-18H,1-3H3,(H2,13,15)(H2,14,16). The Morgan fingerprint density at radius 3 is 1.94 bits per heavy atom. The highest BCUT2D eigenvalue weighted by Crippen LogP contribution is 2.24. The van der Waals surface area contributed by atoms with Crippen LogP contribution in [0.1, 0.15) is 37.5 Å². The molecule has 0 aliphatic rings. The molecule has 1 aromatic carbocycles. The Morgan fingerprint density at radius 1 is 1.00 bits per heavy atom. The van der Waals surface area contributed by atoms with E-state index in [0.29, 0.717) is 11.1 Å². The first-order chi connectivity index (χ1) is 8.31. The summed E-state index contributed by atoms with van der Waals surface area (Å²) in [6, 6.07) is 5.31. The maximum Gasteiger partial charge on any atom is 0.170 e. The highest BCUT2D eigenvalue weighted by atomic mass is 16.4. The Morgan fingerprint density at radius 2 is 1.50 bits per heavy atom. The molecular weight excluding hydrogens is 232 g/mol. The summed E-state index contributed by atoms with van der Waals surface area (Å²) in [4.78, 5) is 0. The molecule has 1 rings (SSSR count). The molecule has 0 bridgehead atoms. The Kier molecular flexibility index (Phi) is 3.80. The van der Waals surface area contributed by atoms with Gasteiger partial charge in [-0.05, 0) is 17.0 Å². The van der Waals surface area contributed by atoms with Crippen LogP contribution >= 0.6 is 0 Å². The van der Waals surface area contributed by atoms with Gasteiger partial charge >= 0.3 is 0 Å². The van der Waals surface area contributed by atoms with Crippen LogP contribution in [-0.2, 0) is 5.41 Å². The Hall–Kier alpha value is -2.24. The summed E-state index contributed by atoms with van der Waals surface area (Å²) in [7, 11) is 0. The lowest BCUT2D eigenvalue weighted by Gasteiger charge is -2.20. The van der Waals surface area contributed by atoms with E-state index in [0.717, 1.165) is 5.56 Å². The summed E-state index contributed by atoms with van der Waals surface area (Å²) in [5, 5.41) is 23.4. The molecular formula is C12H18N4O2. The second-order valence-corrected chi connectivity index (χ2v) is 4.98. The van der Waals surface area contributed by atoms with Crippen LogP contribution in [0.5, 0.6) is 0 Å². The van der Waals surface area contributed by atoms with Crippen LogP contribution in [0.25, 0.3) is 0 Å². The highest BCUT2D eigenvalue weighted by molar-refractivity contribution is 6.09. The molecule has 0 saturated heterocycles. The highest BCUT2D eigenvalue weighted by Gasteiger charge is 2.18. The van der Waals surface area contributed by atoms with Gasteiger partial charge in [-0.25, -0.2) is 0 Å². The van der Waals surface area contributed by atoms with Crippen LogP contribution in [0.3, 0.4) is 0 Å². The molecule has 0 aliphatic carbocycles. The number of benzene rings is 1. The molecule has 6 nitrogen and oxygen atoms in total. The predicted octanol–water partition coefficient (Wildman–Crippen LogP) is 1.17. The fraction of sp³-hybridized carbons (Fsp3) is 0.333. The first-order valence-corrected chi connectivity index (χ1v) is 5.41. The van der Waals surface area contributed by atoms with Gasteiger partial charge in [-0.2, -0.15) is 0 Å². The monoisotopic (exact) mass is 250 g/mol. The van der Waals surface area contributed by atoms with Crippen molar-refractivity contribution in [3.05, 3.63) is 34.9 Å². The maximum absolute atomic E-state index is 8.78. The van der Waals surface area contributed by atoms with Crippen LogP contribution < -0.4 is 11.5 Å². The average Bonchev–Trinajstić information content (AvgIpc) is 2.35. The quantitative estimate of drug-likeness (QED) is 0.273. The lowest BCUT2D eigenvalue weighted by Crippen LogP contribution is -2.24. The van der Waals surface area contributed by atoms with E-state index in [4.69, 9.17) is 21.9 Å². The van der Waals surface area contributed by atoms with E-state index in [-0.39, 0.29) is 17.1 Å². The van der Waals surface area contributed by atoms with Crippen LogP contribution in [0.4, 0.5) is 0 Å². The molecule has 0 unspecified atom stereocenters. The van der Waals surface area contributed by atoms with Crippen LogP contribution in [-0.4, -0.2) is 22.1 Å². The first-order valence-electron chi connectivity index (χ1n) is 5.41. The van der Waals surface area contributed by atoms with Gasteiger partial charge in [-0.15, -0.1) is 0 Å². The predicted molar refractivity (Wildman–Crippen MR) is 70.2 cm³/mol. The van der Waals surface area contributed by atoms with Gasteiger partial charge in [0.2, 0.25) is 0 Å². The van der Waals surface area contributed by atoms with Crippen molar-refractivity contribution in [2.45, 2.75) is 26.2 Å². The van der Waals surface area contributed by atoms with Gasteiger partial charge in [0.25, 0.3) is 0 Å². The zero-order chi connectivity index (χ0) is 13.9. The molecule has 18 heavy (non-hydrogen) atoms. The van der Waals surface area contributed by atoms with Crippen LogP contribution in [0.2, 0.25) is 0 Å². The fourth-order valence-electron chi connectivity index (χ4n) is 1.55. The SMILES string of the molecule is CC(C)(C)c1ccc(/C(N)=N/O)c(/C(N)=N/O)c1.